The zero-order valence-corrected chi connectivity index (χ0v) is 12.8. The van der Waals surface area contributed by atoms with E-state index in [2.05, 4.69) is 0 Å². The number of benzene rings is 2. The number of aryl methyl sites for hydroxylation is 2. The second-order valence-electron chi connectivity index (χ2n) is 3.87. The van der Waals surface area contributed by atoms with Crippen molar-refractivity contribution in [2.24, 2.45) is 0 Å². The fourth-order valence-electron chi connectivity index (χ4n) is 1.85. The average molecular weight is 258 g/mol. The number of hydrogen-bond donors (Lipinski definition) is 0. The molecular weight excluding hydrogens is 247 g/mol. The fourth-order valence-corrected chi connectivity index (χ4v) is 2.56. The fraction of sp³-hybridized carbons (Fsp3) is 0.167. The van der Waals surface area contributed by atoms with E-state index >= 15 is 0 Å². The molecule has 0 unspecified atom stereocenters. The Morgan fingerprint density at radius 1 is 1.06 bits per heavy atom. The van der Waals surface area contributed by atoms with Crippen molar-refractivity contribution in [2.45, 2.75) is 18.7 Å². The van der Waals surface area contributed by atoms with Crippen molar-refractivity contribution in [3.8, 4) is 0 Å². The molecular formula is C12H11NaO3S. The van der Waals surface area contributed by atoms with Crippen LogP contribution in [-0.2, 0) is 10.1 Å². The molecule has 0 heterocycles. The molecule has 0 aliphatic carbocycles. The van der Waals surface area contributed by atoms with Crippen LogP contribution in [0.2, 0.25) is 0 Å². The molecule has 84 valence electrons. The van der Waals surface area contributed by atoms with Crippen molar-refractivity contribution in [1.82, 2.24) is 0 Å². The van der Waals surface area contributed by atoms with Crippen LogP contribution in [0.25, 0.3) is 10.8 Å². The molecule has 0 atom stereocenters. The zero-order valence-electron chi connectivity index (χ0n) is 10.0. The molecule has 0 bridgehead atoms. The molecule has 17 heavy (non-hydrogen) atoms. The standard InChI is InChI=1S/C12H12O3S.Na/c1-8-4-3-5-10-6-9(2)12(7-11(8)10)16(13,14)15;/h3-7H,1-2H3,(H,13,14,15);/q;+1/p-1. The Kier molecular flexibility index (Phi) is 4.38. The molecule has 0 N–H and O–H groups in total. The summed E-state index contributed by atoms with van der Waals surface area (Å²) in [6, 6.07) is 8.88. The van der Waals surface area contributed by atoms with E-state index in [0.29, 0.717) is 5.56 Å². The first-order valence-electron chi connectivity index (χ1n) is 4.85. The Labute approximate surface area is 123 Å². The smallest absolute Gasteiger partial charge is 0.744 e. The van der Waals surface area contributed by atoms with Gasteiger partial charge >= 0.3 is 29.6 Å². The Balaban J connectivity index is 0.00000144. The van der Waals surface area contributed by atoms with E-state index in [1.165, 1.54) is 6.07 Å². The van der Waals surface area contributed by atoms with Crippen LogP contribution in [-0.4, -0.2) is 13.0 Å². The van der Waals surface area contributed by atoms with Crippen LogP contribution in [0.15, 0.2) is 35.2 Å². The van der Waals surface area contributed by atoms with Crippen LogP contribution in [0.4, 0.5) is 0 Å². The largest absolute Gasteiger partial charge is 1.00 e. The molecule has 2 aromatic carbocycles. The molecule has 0 amide bonds. The van der Waals surface area contributed by atoms with Gasteiger partial charge in [-0.2, -0.15) is 0 Å². The molecule has 3 nitrogen and oxygen atoms in total. The van der Waals surface area contributed by atoms with Gasteiger partial charge in [-0.3, -0.25) is 0 Å². The molecule has 0 aliphatic rings. The van der Waals surface area contributed by atoms with Crippen molar-refractivity contribution in [2.75, 3.05) is 0 Å². The van der Waals surface area contributed by atoms with E-state index in [0.717, 1.165) is 16.3 Å². The first kappa shape index (κ1) is 14.7. The molecule has 5 heteroatoms. The third-order valence-electron chi connectivity index (χ3n) is 2.66. The first-order chi connectivity index (χ1) is 7.39. The molecule has 0 saturated heterocycles. The van der Waals surface area contributed by atoms with Gasteiger partial charge in [0.1, 0.15) is 10.1 Å². The molecule has 0 aliphatic heterocycles. The summed E-state index contributed by atoms with van der Waals surface area (Å²) in [6.45, 7) is 3.52. The number of fused-ring (bicyclic) bond motifs is 1. The Hall–Kier alpha value is -0.390. The van der Waals surface area contributed by atoms with Crippen LogP contribution >= 0.6 is 0 Å². The minimum atomic E-state index is -4.39. The van der Waals surface area contributed by atoms with Crippen LogP contribution in [0, 0.1) is 13.8 Å². The Morgan fingerprint density at radius 3 is 2.29 bits per heavy atom. The summed E-state index contributed by atoms with van der Waals surface area (Å²) in [4.78, 5) is -0.130. The van der Waals surface area contributed by atoms with E-state index in [1.54, 1.807) is 13.0 Å². The first-order valence-corrected chi connectivity index (χ1v) is 6.26. The molecule has 0 spiro atoms. The minimum absolute atomic E-state index is 0. The maximum Gasteiger partial charge on any atom is 1.00 e. The van der Waals surface area contributed by atoms with Crippen molar-refractivity contribution < 1.29 is 42.5 Å². The third kappa shape index (κ3) is 2.89. The predicted octanol–water partition coefficient (Wildman–Crippen LogP) is -0.635. The molecule has 0 saturated carbocycles. The molecule has 0 radical (unpaired) electrons. The van der Waals surface area contributed by atoms with Crippen molar-refractivity contribution in [3.63, 3.8) is 0 Å². The van der Waals surface area contributed by atoms with Crippen molar-refractivity contribution in [3.05, 3.63) is 41.5 Å². The maximum atomic E-state index is 11.1. The van der Waals surface area contributed by atoms with E-state index in [1.807, 2.05) is 25.1 Å². The van der Waals surface area contributed by atoms with Crippen LogP contribution in [0.1, 0.15) is 11.1 Å². The van der Waals surface area contributed by atoms with Gasteiger partial charge in [0.05, 0.1) is 4.90 Å². The maximum absolute atomic E-state index is 11.1. The SMILES string of the molecule is Cc1cc2cccc(C)c2cc1S(=O)(=O)[O-].[Na+]. The molecule has 2 aromatic rings. The van der Waals surface area contributed by atoms with E-state index in [4.69, 9.17) is 0 Å². The summed E-state index contributed by atoms with van der Waals surface area (Å²) in [5.41, 5.74) is 1.45. The van der Waals surface area contributed by atoms with Gasteiger partial charge in [0, 0.05) is 0 Å². The van der Waals surface area contributed by atoms with Crippen molar-refractivity contribution in [1.29, 1.82) is 0 Å². The van der Waals surface area contributed by atoms with Gasteiger partial charge in [0.15, 0.2) is 0 Å². The topological polar surface area (TPSA) is 57.2 Å². The summed E-state index contributed by atoms with van der Waals surface area (Å²) >= 11 is 0. The van der Waals surface area contributed by atoms with Gasteiger partial charge in [-0.1, -0.05) is 24.3 Å². The third-order valence-corrected chi connectivity index (χ3v) is 3.64. The Bertz CT molecular complexity index is 663. The minimum Gasteiger partial charge on any atom is -0.744 e. The van der Waals surface area contributed by atoms with Gasteiger partial charge in [-0.05, 0) is 41.8 Å². The summed E-state index contributed by atoms with van der Waals surface area (Å²) < 4.78 is 33.2. The predicted molar refractivity (Wildman–Crippen MR) is 61.4 cm³/mol. The summed E-state index contributed by atoms with van der Waals surface area (Å²) in [6.07, 6.45) is 0. The van der Waals surface area contributed by atoms with Crippen LogP contribution in [0.5, 0.6) is 0 Å². The second-order valence-corrected chi connectivity index (χ2v) is 5.22. The zero-order chi connectivity index (χ0) is 11.9. The van der Waals surface area contributed by atoms with Gasteiger partial charge in [-0.15, -0.1) is 0 Å². The van der Waals surface area contributed by atoms with Crippen LogP contribution in [0.3, 0.4) is 0 Å². The number of rotatable bonds is 1. The molecule has 0 fully saturated rings. The van der Waals surface area contributed by atoms with E-state index in [-0.39, 0.29) is 34.5 Å². The van der Waals surface area contributed by atoms with Gasteiger partial charge < -0.3 is 4.55 Å². The van der Waals surface area contributed by atoms with E-state index < -0.39 is 10.1 Å². The monoisotopic (exact) mass is 258 g/mol. The van der Waals surface area contributed by atoms with Gasteiger partial charge in [0.2, 0.25) is 0 Å². The van der Waals surface area contributed by atoms with Crippen molar-refractivity contribution >= 4 is 20.9 Å². The normalized spacial score (nSPS) is 11.2. The summed E-state index contributed by atoms with van der Waals surface area (Å²) in [7, 11) is -4.39. The van der Waals surface area contributed by atoms with Gasteiger partial charge in [0.25, 0.3) is 0 Å². The quantitative estimate of drug-likeness (QED) is 0.505. The molecule has 2 rings (SSSR count). The van der Waals surface area contributed by atoms with Gasteiger partial charge in [-0.25, -0.2) is 8.42 Å². The van der Waals surface area contributed by atoms with Crippen LogP contribution < -0.4 is 29.6 Å². The summed E-state index contributed by atoms with van der Waals surface area (Å²) in [5.74, 6) is 0. The average Bonchev–Trinajstić information content (AvgIpc) is 2.15. The summed E-state index contributed by atoms with van der Waals surface area (Å²) in [5, 5.41) is 1.76. The van der Waals surface area contributed by atoms with E-state index in [9.17, 15) is 13.0 Å². The Morgan fingerprint density at radius 2 is 1.71 bits per heavy atom. The number of hydrogen-bond acceptors (Lipinski definition) is 3. The molecule has 0 aromatic heterocycles. The second kappa shape index (κ2) is 5.08.